The normalized spacial score (nSPS) is 20.0. The third-order valence-electron chi connectivity index (χ3n) is 4.49. The molecule has 1 saturated heterocycles. The average molecular weight is 337 g/mol. The maximum absolute atomic E-state index is 12.9. The number of piperidine rings is 1. The number of aromatic nitrogens is 4. The molecule has 1 aliphatic rings. The van der Waals surface area contributed by atoms with Gasteiger partial charge in [-0.1, -0.05) is 0 Å². The van der Waals surface area contributed by atoms with Gasteiger partial charge in [0.25, 0.3) is 0 Å². The molecule has 3 rings (SSSR count). The number of nitrogens with zero attached hydrogens (tertiary/aromatic N) is 4. The van der Waals surface area contributed by atoms with Crippen molar-refractivity contribution in [2.45, 2.75) is 38.0 Å². The number of nitrogens with one attached hydrogen (secondary N) is 1. The first kappa shape index (κ1) is 16.2. The third kappa shape index (κ3) is 3.18. The van der Waals surface area contributed by atoms with Crippen LogP contribution in [0.3, 0.4) is 0 Å². The van der Waals surface area contributed by atoms with Crippen molar-refractivity contribution in [1.29, 1.82) is 0 Å². The molecule has 0 aliphatic carbocycles. The van der Waals surface area contributed by atoms with Crippen LogP contribution >= 0.6 is 0 Å². The van der Waals surface area contributed by atoms with Crippen LogP contribution in [0, 0.1) is 19.8 Å². The first-order valence-electron chi connectivity index (χ1n) is 7.87. The van der Waals surface area contributed by atoms with Gasteiger partial charge in [-0.15, -0.1) is 0 Å². The predicted octanol–water partition coefficient (Wildman–Crippen LogP) is 1.40. The molecule has 0 amide bonds. The standard InChI is InChI=1S/C15H23N5O2S/c1-11-8-16-17-14(11)7-13-5-4-6-20(9-13)23(21,22)15-10-19(3)18-12(15)2/h8,10,13H,4-7,9H2,1-3H3,(H,16,17). The zero-order chi connectivity index (χ0) is 16.6. The summed E-state index contributed by atoms with van der Waals surface area (Å²) in [6.07, 6.45) is 6.16. The molecule has 0 spiro atoms. The second kappa shape index (κ2) is 6.09. The van der Waals surface area contributed by atoms with Crippen LogP contribution in [-0.4, -0.2) is 45.8 Å². The van der Waals surface area contributed by atoms with Crippen molar-refractivity contribution < 1.29 is 8.42 Å². The Kier molecular flexibility index (Phi) is 4.29. The molecule has 7 nitrogen and oxygen atoms in total. The van der Waals surface area contributed by atoms with Crippen LogP contribution in [0.25, 0.3) is 0 Å². The van der Waals surface area contributed by atoms with Crippen LogP contribution < -0.4 is 0 Å². The van der Waals surface area contributed by atoms with Gasteiger partial charge in [0.15, 0.2) is 0 Å². The lowest BCUT2D eigenvalue weighted by Gasteiger charge is -2.31. The van der Waals surface area contributed by atoms with Gasteiger partial charge in [0.05, 0.1) is 11.9 Å². The molecule has 0 saturated carbocycles. The molecular formula is C15H23N5O2S. The van der Waals surface area contributed by atoms with E-state index in [1.807, 2.05) is 13.1 Å². The van der Waals surface area contributed by atoms with Crippen molar-refractivity contribution in [3.63, 3.8) is 0 Å². The molecule has 2 aromatic heterocycles. The summed E-state index contributed by atoms with van der Waals surface area (Å²) in [6, 6.07) is 0. The fourth-order valence-corrected chi connectivity index (χ4v) is 5.01. The SMILES string of the molecule is Cc1cn[nH]c1CC1CCCN(S(=O)(=O)c2cn(C)nc2C)C1. The van der Waals surface area contributed by atoms with E-state index in [9.17, 15) is 8.42 Å². The van der Waals surface area contributed by atoms with Crippen LogP contribution in [0.1, 0.15) is 29.8 Å². The Bertz CT molecular complexity index is 793. The summed E-state index contributed by atoms with van der Waals surface area (Å²) in [5.41, 5.74) is 2.79. The van der Waals surface area contributed by atoms with Crippen molar-refractivity contribution in [2.75, 3.05) is 13.1 Å². The van der Waals surface area contributed by atoms with Crippen LogP contribution in [0.2, 0.25) is 0 Å². The predicted molar refractivity (Wildman–Crippen MR) is 86.5 cm³/mol. The zero-order valence-corrected chi connectivity index (χ0v) is 14.6. The number of sulfonamides is 1. The number of aromatic amines is 1. The Morgan fingerprint density at radius 1 is 1.39 bits per heavy atom. The second-order valence-corrected chi connectivity index (χ2v) is 8.27. The minimum atomic E-state index is -3.47. The summed E-state index contributed by atoms with van der Waals surface area (Å²) in [7, 11) is -1.73. The van der Waals surface area contributed by atoms with Crippen LogP contribution in [-0.2, 0) is 23.5 Å². The summed E-state index contributed by atoms with van der Waals surface area (Å²) < 4.78 is 28.9. The number of hydrogen-bond acceptors (Lipinski definition) is 4. The highest BCUT2D eigenvalue weighted by Crippen LogP contribution is 2.27. The highest BCUT2D eigenvalue weighted by atomic mass is 32.2. The van der Waals surface area contributed by atoms with Crippen LogP contribution in [0.15, 0.2) is 17.3 Å². The van der Waals surface area contributed by atoms with Gasteiger partial charge in [0.1, 0.15) is 4.90 Å². The van der Waals surface area contributed by atoms with Crippen LogP contribution in [0.4, 0.5) is 0 Å². The van der Waals surface area contributed by atoms with E-state index < -0.39 is 10.0 Å². The van der Waals surface area contributed by atoms with E-state index in [0.29, 0.717) is 29.6 Å². The first-order valence-corrected chi connectivity index (χ1v) is 9.31. The van der Waals surface area contributed by atoms with Gasteiger partial charge in [-0.2, -0.15) is 14.5 Å². The maximum Gasteiger partial charge on any atom is 0.246 e. The van der Waals surface area contributed by atoms with E-state index in [-0.39, 0.29) is 0 Å². The lowest BCUT2D eigenvalue weighted by molar-refractivity contribution is 0.264. The molecule has 1 aliphatic heterocycles. The van der Waals surface area contributed by atoms with Gasteiger partial charge in [-0.3, -0.25) is 9.78 Å². The highest BCUT2D eigenvalue weighted by Gasteiger charge is 2.32. The number of aryl methyl sites for hydroxylation is 3. The maximum atomic E-state index is 12.9. The molecule has 8 heteroatoms. The molecule has 3 heterocycles. The topological polar surface area (TPSA) is 83.9 Å². The lowest BCUT2D eigenvalue weighted by atomic mass is 9.94. The van der Waals surface area contributed by atoms with E-state index in [0.717, 1.165) is 30.5 Å². The Morgan fingerprint density at radius 3 is 2.78 bits per heavy atom. The first-order chi connectivity index (χ1) is 10.9. The quantitative estimate of drug-likeness (QED) is 0.914. The van der Waals surface area contributed by atoms with Gasteiger partial charge in [0.2, 0.25) is 10.0 Å². The Balaban J connectivity index is 1.78. The van der Waals surface area contributed by atoms with Crippen molar-refractivity contribution >= 4 is 10.0 Å². The second-order valence-electron chi connectivity index (χ2n) is 6.36. The molecular weight excluding hydrogens is 314 g/mol. The minimum absolute atomic E-state index is 0.314. The monoisotopic (exact) mass is 337 g/mol. The minimum Gasteiger partial charge on any atom is -0.282 e. The Hall–Kier alpha value is -1.67. The van der Waals surface area contributed by atoms with E-state index in [1.165, 1.54) is 0 Å². The third-order valence-corrected chi connectivity index (χ3v) is 6.46. The molecule has 0 radical (unpaired) electrons. The van der Waals surface area contributed by atoms with E-state index in [4.69, 9.17) is 0 Å². The Morgan fingerprint density at radius 2 is 2.17 bits per heavy atom. The summed E-state index contributed by atoms with van der Waals surface area (Å²) >= 11 is 0. The summed E-state index contributed by atoms with van der Waals surface area (Å²) in [5, 5.41) is 11.2. The zero-order valence-electron chi connectivity index (χ0n) is 13.8. The molecule has 23 heavy (non-hydrogen) atoms. The number of H-pyrrole nitrogens is 1. The Labute approximate surface area is 136 Å². The van der Waals surface area contributed by atoms with E-state index in [1.54, 1.807) is 29.2 Å². The van der Waals surface area contributed by atoms with E-state index in [2.05, 4.69) is 15.3 Å². The molecule has 126 valence electrons. The smallest absolute Gasteiger partial charge is 0.246 e. The van der Waals surface area contributed by atoms with Gasteiger partial charge in [0, 0.05) is 32.0 Å². The molecule has 1 N–H and O–H groups in total. The molecule has 0 aromatic carbocycles. The number of hydrogen-bond donors (Lipinski definition) is 1. The van der Waals surface area contributed by atoms with Gasteiger partial charge >= 0.3 is 0 Å². The molecule has 2 aromatic rings. The fourth-order valence-electron chi connectivity index (χ4n) is 3.25. The van der Waals surface area contributed by atoms with Crippen molar-refractivity contribution in [1.82, 2.24) is 24.3 Å². The van der Waals surface area contributed by atoms with Crippen LogP contribution in [0.5, 0.6) is 0 Å². The van der Waals surface area contributed by atoms with E-state index >= 15 is 0 Å². The van der Waals surface area contributed by atoms with Gasteiger partial charge in [-0.05, 0) is 44.6 Å². The molecule has 0 bridgehead atoms. The largest absolute Gasteiger partial charge is 0.282 e. The number of rotatable bonds is 4. The van der Waals surface area contributed by atoms with Crippen molar-refractivity contribution in [3.05, 3.63) is 29.3 Å². The molecule has 1 atom stereocenters. The summed E-state index contributed by atoms with van der Waals surface area (Å²) in [5.74, 6) is 0.314. The van der Waals surface area contributed by atoms with Gasteiger partial charge < -0.3 is 0 Å². The van der Waals surface area contributed by atoms with Crippen molar-refractivity contribution in [2.24, 2.45) is 13.0 Å². The molecule has 1 fully saturated rings. The molecule has 1 unspecified atom stereocenters. The fraction of sp³-hybridized carbons (Fsp3) is 0.600. The average Bonchev–Trinajstić information content (AvgIpc) is 3.05. The summed E-state index contributed by atoms with van der Waals surface area (Å²) in [6.45, 7) is 4.89. The van der Waals surface area contributed by atoms with Crippen molar-refractivity contribution in [3.8, 4) is 0 Å². The lowest BCUT2D eigenvalue weighted by Crippen LogP contribution is -2.40. The van der Waals surface area contributed by atoms with Gasteiger partial charge in [-0.25, -0.2) is 8.42 Å². The summed E-state index contributed by atoms with van der Waals surface area (Å²) in [4.78, 5) is 0.318. The highest BCUT2D eigenvalue weighted by molar-refractivity contribution is 7.89.